The summed E-state index contributed by atoms with van der Waals surface area (Å²) in [5.74, 6) is -1.08. The molecule has 0 aliphatic rings. The van der Waals surface area contributed by atoms with E-state index in [0.29, 0.717) is 16.9 Å². The Morgan fingerprint density at radius 1 is 1.30 bits per heavy atom. The summed E-state index contributed by atoms with van der Waals surface area (Å²) in [6.07, 6.45) is 1.46. The van der Waals surface area contributed by atoms with Crippen LogP contribution < -0.4 is 0 Å². The quantitative estimate of drug-likeness (QED) is 0.770. The van der Waals surface area contributed by atoms with E-state index in [2.05, 4.69) is 4.98 Å². The van der Waals surface area contributed by atoms with E-state index in [0.717, 1.165) is 0 Å². The standard InChI is InChI=1S/C15H11ClN2O5/c16-15-17-11-6-9(3-4-12(11)23-15)14(21)18(8-13(19)20)7-10-2-1-5-22-10/h1-6H,7-8H2,(H,19,20). The number of aromatic nitrogens is 1. The van der Waals surface area contributed by atoms with Crippen molar-refractivity contribution < 1.29 is 23.5 Å². The fourth-order valence-electron chi connectivity index (χ4n) is 2.17. The van der Waals surface area contributed by atoms with Gasteiger partial charge in [-0.1, -0.05) is 0 Å². The smallest absolute Gasteiger partial charge is 0.323 e. The summed E-state index contributed by atoms with van der Waals surface area (Å²) in [7, 11) is 0. The summed E-state index contributed by atoms with van der Waals surface area (Å²) in [5, 5.41) is 8.99. The highest BCUT2D eigenvalue weighted by molar-refractivity contribution is 6.28. The van der Waals surface area contributed by atoms with Crippen LogP contribution in [0.2, 0.25) is 5.35 Å². The highest BCUT2D eigenvalue weighted by Gasteiger charge is 2.21. The van der Waals surface area contributed by atoms with Crippen molar-refractivity contribution in [1.82, 2.24) is 9.88 Å². The molecule has 3 aromatic rings. The molecular weight excluding hydrogens is 324 g/mol. The second-order valence-corrected chi connectivity index (χ2v) is 5.11. The van der Waals surface area contributed by atoms with E-state index in [9.17, 15) is 9.59 Å². The summed E-state index contributed by atoms with van der Waals surface area (Å²) in [6, 6.07) is 7.94. The molecule has 2 heterocycles. The Morgan fingerprint density at radius 2 is 2.13 bits per heavy atom. The van der Waals surface area contributed by atoms with Crippen molar-refractivity contribution >= 4 is 34.6 Å². The molecule has 118 valence electrons. The SMILES string of the molecule is O=C(O)CN(Cc1ccco1)C(=O)c1ccc2oc(Cl)nc2c1. The number of fused-ring (bicyclic) bond motifs is 1. The van der Waals surface area contributed by atoms with Gasteiger partial charge < -0.3 is 18.8 Å². The number of rotatable bonds is 5. The van der Waals surface area contributed by atoms with Gasteiger partial charge in [0.25, 0.3) is 11.3 Å². The zero-order valence-corrected chi connectivity index (χ0v) is 12.5. The van der Waals surface area contributed by atoms with E-state index in [4.69, 9.17) is 25.5 Å². The summed E-state index contributed by atoms with van der Waals surface area (Å²) in [4.78, 5) is 28.7. The van der Waals surface area contributed by atoms with Crippen LogP contribution in [-0.4, -0.2) is 33.4 Å². The van der Waals surface area contributed by atoms with Crippen LogP contribution in [-0.2, 0) is 11.3 Å². The van der Waals surface area contributed by atoms with Crippen LogP contribution in [0.4, 0.5) is 0 Å². The molecule has 8 heteroatoms. The van der Waals surface area contributed by atoms with E-state index in [1.165, 1.54) is 23.3 Å². The van der Waals surface area contributed by atoms with Crippen LogP contribution in [0.5, 0.6) is 0 Å². The normalized spacial score (nSPS) is 10.8. The minimum Gasteiger partial charge on any atom is -0.480 e. The number of hydrogen-bond acceptors (Lipinski definition) is 5. The third kappa shape index (κ3) is 3.35. The first-order chi connectivity index (χ1) is 11.0. The number of carboxylic acids is 1. The number of furan rings is 1. The maximum Gasteiger partial charge on any atom is 0.323 e. The number of hydrogen-bond donors (Lipinski definition) is 1. The molecule has 1 amide bonds. The van der Waals surface area contributed by atoms with Gasteiger partial charge in [0.2, 0.25) is 0 Å². The number of carbonyl (C=O) groups excluding carboxylic acids is 1. The molecule has 0 atom stereocenters. The zero-order chi connectivity index (χ0) is 16.4. The first-order valence-electron chi connectivity index (χ1n) is 6.62. The Labute approximate surface area is 135 Å². The van der Waals surface area contributed by atoms with Crippen molar-refractivity contribution in [2.24, 2.45) is 0 Å². The topological polar surface area (TPSA) is 96.8 Å². The average Bonchev–Trinajstić information content (AvgIpc) is 3.12. The Balaban J connectivity index is 1.89. The molecule has 23 heavy (non-hydrogen) atoms. The van der Waals surface area contributed by atoms with Crippen LogP contribution in [0.1, 0.15) is 16.1 Å². The lowest BCUT2D eigenvalue weighted by atomic mass is 10.1. The first kappa shape index (κ1) is 15.1. The van der Waals surface area contributed by atoms with Gasteiger partial charge in [-0.2, -0.15) is 4.98 Å². The molecule has 0 saturated carbocycles. The molecule has 0 aliphatic heterocycles. The summed E-state index contributed by atoms with van der Waals surface area (Å²) in [6.45, 7) is -0.396. The molecule has 2 aromatic heterocycles. The van der Waals surface area contributed by atoms with Gasteiger partial charge >= 0.3 is 5.97 Å². The summed E-state index contributed by atoms with van der Waals surface area (Å²) in [5.41, 5.74) is 1.16. The van der Waals surface area contributed by atoms with Crippen molar-refractivity contribution in [3.63, 3.8) is 0 Å². The highest BCUT2D eigenvalue weighted by atomic mass is 35.5. The van der Waals surface area contributed by atoms with Crippen LogP contribution in [0.3, 0.4) is 0 Å². The Bertz CT molecular complexity index is 856. The fourth-order valence-corrected chi connectivity index (χ4v) is 2.34. The number of carboxylic acid groups (broad SMARTS) is 1. The lowest BCUT2D eigenvalue weighted by Crippen LogP contribution is -2.35. The van der Waals surface area contributed by atoms with Crippen molar-refractivity contribution in [3.05, 3.63) is 53.3 Å². The minimum atomic E-state index is -1.12. The van der Waals surface area contributed by atoms with E-state index >= 15 is 0 Å². The molecule has 0 aliphatic carbocycles. The maximum absolute atomic E-state index is 12.6. The second-order valence-electron chi connectivity index (χ2n) is 4.78. The lowest BCUT2D eigenvalue weighted by Gasteiger charge is -2.19. The largest absolute Gasteiger partial charge is 0.480 e. The molecule has 1 N–H and O–H groups in total. The molecule has 3 rings (SSSR count). The minimum absolute atomic E-state index is 0.0254. The van der Waals surface area contributed by atoms with Gasteiger partial charge in [-0.15, -0.1) is 0 Å². The Kier molecular flexibility index (Phi) is 4.03. The Hall–Kier alpha value is -2.80. The molecule has 0 radical (unpaired) electrons. The van der Waals surface area contributed by atoms with Crippen LogP contribution in [0, 0.1) is 0 Å². The van der Waals surface area contributed by atoms with Gasteiger partial charge in [-0.3, -0.25) is 9.59 Å². The van der Waals surface area contributed by atoms with Gasteiger partial charge in [0, 0.05) is 5.56 Å². The molecule has 0 bridgehead atoms. The number of nitrogens with zero attached hydrogens (tertiary/aromatic N) is 2. The van der Waals surface area contributed by atoms with E-state index in [-0.39, 0.29) is 17.5 Å². The molecule has 0 saturated heterocycles. The van der Waals surface area contributed by atoms with Crippen molar-refractivity contribution in [1.29, 1.82) is 0 Å². The monoisotopic (exact) mass is 334 g/mol. The third-order valence-corrected chi connectivity index (χ3v) is 3.31. The first-order valence-corrected chi connectivity index (χ1v) is 7.00. The van der Waals surface area contributed by atoms with Crippen LogP contribution in [0.15, 0.2) is 45.4 Å². The Morgan fingerprint density at radius 3 is 2.83 bits per heavy atom. The highest BCUT2D eigenvalue weighted by Crippen LogP contribution is 2.21. The number of halogens is 1. The predicted molar refractivity (Wildman–Crippen MR) is 80.1 cm³/mol. The molecular formula is C15H11ClN2O5. The lowest BCUT2D eigenvalue weighted by molar-refractivity contribution is -0.137. The predicted octanol–water partition coefficient (Wildman–Crippen LogP) is 2.80. The van der Waals surface area contributed by atoms with Crippen LogP contribution in [0.25, 0.3) is 11.1 Å². The number of benzene rings is 1. The summed E-state index contributed by atoms with van der Waals surface area (Å²) >= 11 is 5.68. The van der Waals surface area contributed by atoms with Crippen molar-refractivity contribution in [2.45, 2.75) is 6.54 Å². The summed E-state index contributed by atoms with van der Waals surface area (Å²) < 4.78 is 10.3. The van der Waals surface area contributed by atoms with Gasteiger partial charge in [0.1, 0.15) is 17.8 Å². The second kappa shape index (κ2) is 6.13. The van der Waals surface area contributed by atoms with Gasteiger partial charge in [-0.05, 0) is 41.9 Å². The van der Waals surface area contributed by atoms with E-state index < -0.39 is 18.4 Å². The van der Waals surface area contributed by atoms with Crippen molar-refractivity contribution in [3.8, 4) is 0 Å². The van der Waals surface area contributed by atoms with Gasteiger partial charge in [0.05, 0.1) is 12.8 Å². The fraction of sp³-hybridized carbons (Fsp3) is 0.133. The van der Waals surface area contributed by atoms with Gasteiger partial charge in [-0.25, -0.2) is 0 Å². The average molecular weight is 335 g/mol. The van der Waals surface area contributed by atoms with Gasteiger partial charge in [0.15, 0.2) is 5.58 Å². The van der Waals surface area contributed by atoms with Crippen molar-refractivity contribution in [2.75, 3.05) is 6.54 Å². The molecule has 7 nitrogen and oxygen atoms in total. The molecule has 1 aromatic carbocycles. The number of oxazole rings is 1. The maximum atomic E-state index is 12.6. The number of aliphatic carboxylic acids is 1. The third-order valence-electron chi connectivity index (χ3n) is 3.15. The zero-order valence-electron chi connectivity index (χ0n) is 11.7. The van der Waals surface area contributed by atoms with E-state index in [1.807, 2.05) is 0 Å². The molecule has 0 spiro atoms. The van der Waals surface area contributed by atoms with E-state index in [1.54, 1.807) is 18.2 Å². The van der Waals surface area contributed by atoms with Crippen LogP contribution >= 0.6 is 11.6 Å². The number of amides is 1. The molecule has 0 fully saturated rings. The molecule has 0 unspecified atom stereocenters. The number of carbonyl (C=O) groups is 2.